The van der Waals surface area contributed by atoms with Crippen LogP contribution in [0.15, 0.2) is 11.3 Å². The number of hydrogen-bond donors (Lipinski definition) is 4. The van der Waals surface area contributed by atoms with Gasteiger partial charge in [0.1, 0.15) is 0 Å². The first kappa shape index (κ1) is 14.4. The van der Waals surface area contributed by atoms with Gasteiger partial charge in [-0.25, -0.2) is 9.78 Å². The van der Waals surface area contributed by atoms with Crippen molar-refractivity contribution >= 4 is 23.8 Å². The van der Waals surface area contributed by atoms with Gasteiger partial charge in [0.2, 0.25) is 0 Å². The van der Waals surface area contributed by atoms with E-state index in [-0.39, 0.29) is 0 Å². The number of nitrogens with zero attached hydrogens (tertiary/aromatic N) is 2. The number of H-pyrrole nitrogens is 1. The quantitative estimate of drug-likeness (QED) is 0.348. The maximum absolute atomic E-state index is 10.6. The molecule has 2 amide bonds. The fourth-order valence-corrected chi connectivity index (χ4v) is 2.11. The van der Waals surface area contributed by atoms with Gasteiger partial charge in [-0.2, -0.15) is 11.8 Å². The summed E-state index contributed by atoms with van der Waals surface area (Å²) in [5, 5.41) is 5.38. The van der Waals surface area contributed by atoms with Crippen LogP contribution in [0.5, 0.6) is 0 Å². The summed E-state index contributed by atoms with van der Waals surface area (Å²) in [5.41, 5.74) is 7.16. The second kappa shape index (κ2) is 7.59. The van der Waals surface area contributed by atoms with Crippen molar-refractivity contribution < 1.29 is 4.79 Å². The number of thioether (sulfide) groups is 1. The Morgan fingerprint density at radius 3 is 3.00 bits per heavy atom. The number of aliphatic imine (C=N–C) groups is 1. The van der Waals surface area contributed by atoms with Crippen molar-refractivity contribution in [1.29, 1.82) is 0 Å². The number of aryl methyl sites for hydroxylation is 1. The van der Waals surface area contributed by atoms with E-state index in [1.54, 1.807) is 25.1 Å². The Hall–Kier alpha value is -1.70. The fraction of sp³-hybridized carbons (Fsp3) is 0.500. The summed E-state index contributed by atoms with van der Waals surface area (Å²) < 4.78 is 0. The molecule has 0 fully saturated rings. The van der Waals surface area contributed by atoms with Gasteiger partial charge in [0.15, 0.2) is 5.96 Å². The minimum absolute atomic E-state index is 0.388. The fourth-order valence-electron chi connectivity index (χ4n) is 1.24. The zero-order valence-electron chi connectivity index (χ0n) is 10.5. The lowest BCUT2D eigenvalue weighted by Crippen LogP contribution is -2.44. The number of carbonyl (C=O) groups excluding carboxylic acids is 1. The van der Waals surface area contributed by atoms with Crippen LogP contribution >= 0.6 is 11.8 Å². The van der Waals surface area contributed by atoms with Gasteiger partial charge in [0, 0.05) is 30.8 Å². The molecule has 0 radical (unpaired) electrons. The number of nitrogens with two attached hydrogens (primary N) is 1. The number of aromatic amines is 1. The van der Waals surface area contributed by atoms with Crippen molar-refractivity contribution in [3.63, 3.8) is 0 Å². The molecule has 0 saturated carbocycles. The maximum atomic E-state index is 10.6. The van der Waals surface area contributed by atoms with Crippen LogP contribution in [0.1, 0.15) is 11.4 Å². The van der Waals surface area contributed by atoms with E-state index >= 15 is 0 Å². The number of imidazole rings is 1. The van der Waals surface area contributed by atoms with Crippen LogP contribution in [0, 0.1) is 6.92 Å². The standard InChI is InChI=1S/C10H18N6OS/c1-7-8(15-6-14-7)5-18-4-3-13-10(12-2)16-9(11)17/h6H,3-5H2,1-2H3,(H,14,15)(H4,11,12,13,16,17). The maximum Gasteiger partial charge on any atom is 0.318 e. The highest BCUT2D eigenvalue weighted by Gasteiger charge is 2.02. The van der Waals surface area contributed by atoms with Crippen LogP contribution in [0.3, 0.4) is 0 Å². The molecule has 100 valence electrons. The first-order valence-corrected chi connectivity index (χ1v) is 6.62. The molecule has 18 heavy (non-hydrogen) atoms. The average Bonchev–Trinajstić information content (AvgIpc) is 2.72. The molecule has 0 spiro atoms. The van der Waals surface area contributed by atoms with Crippen molar-refractivity contribution in [2.75, 3.05) is 19.3 Å². The molecule has 7 nitrogen and oxygen atoms in total. The van der Waals surface area contributed by atoms with Gasteiger partial charge in [-0.3, -0.25) is 10.3 Å². The Balaban J connectivity index is 2.15. The van der Waals surface area contributed by atoms with E-state index < -0.39 is 6.03 Å². The SMILES string of the molecule is CN=C(NCCSCc1nc[nH]c1C)NC(N)=O. The monoisotopic (exact) mass is 270 g/mol. The molecule has 0 aromatic carbocycles. The lowest BCUT2D eigenvalue weighted by Gasteiger charge is -2.08. The second-order valence-corrected chi connectivity index (χ2v) is 4.62. The lowest BCUT2D eigenvalue weighted by atomic mass is 10.4. The molecule has 0 atom stereocenters. The Morgan fingerprint density at radius 2 is 2.44 bits per heavy atom. The topological polar surface area (TPSA) is 108 Å². The summed E-state index contributed by atoms with van der Waals surface area (Å²) in [7, 11) is 1.58. The van der Waals surface area contributed by atoms with E-state index in [1.165, 1.54) is 0 Å². The predicted octanol–water partition coefficient (Wildman–Crippen LogP) is 0.195. The molecular formula is C10H18N6OS. The minimum Gasteiger partial charge on any atom is -0.355 e. The molecule has 1 rings (SSSR count). The molecule has 0 unspecified atom stereocenters. The smallest absolute Gasteiger partial charge is 0.318 e. The average molecular weight is 270 g/mol. The Kier molecular flexibility index (Phi) is 6.06. The number of urea groups is 1. The number of rotatable bonds is 5. The van der Waals surface area contributed by atoms with Crippen LogP contribution in [0.2, 0.25) is 0 Å². The summed E-state index contributed by atoms with van der Waals surface area (Å²) in [6.07, 6.45) is 1.70. The van der Waals surface area contributed by atoms with E-state index in [1.807, 2.05) is 6.92 Å². The zero-order valence-corrected chi connectivity index (χ0v) is 11.3. The van der Waals surface area contributed by atoms with Gasteiger partial charge < -0.3 is 16.0 Å². The number of guanidine groups is 1. The van der Waals surface area contributed by atoms with Gasteiger partial charge in [-0.15, -0.1) is 0 Å². The highest BCUT2D eigenvalue weighted by Crippen LogP contribution is 2.11. The molecule has 0 aliphatic rings. The third-order valence-electron chi connectivity index (χ3n) is 2.18. The van der Waals surface area contributed by atoms with E-state index in [4.69, 9.17) is 5.73 Å². The van der Waals surface area contributed by atoms with Crippen LogP contribution in [-0.4, -0.2) is 41.3 Å². The van der Waals surface area contributed by atoms with E-state index in [0.717, 1.165) is 22.9 Å². The normalized spacial score (nSPS) is 11.3. The molecule has 5 N–H and O–H groups in total. The Bertz CT molecular complexity index is 416. The van der Waals surface area contributed by atoms with Gasteiger partial charge in [0.05, 0.1) is 12.0 Å². The van der Waals surface area contributed by atoms with Crippen molar-refractivity contribution in [3.05, 3.63) is 17.7 Å². The number of amides is 2. The summed E-state index contributed by atoms with van der Waals surface area (Å²) in [4.78, 5) is 21.7. The van der Waals surface area contributed by atoms with Gasteiger partial charge in [-0.05, 0) is 6.92 Å². The van der Waals surface area contributed by atoms with Crippen LogP contribution in [-0.2, 0) is 5.75 Å². The molecule has 1 aromatic heterocycles. The van der Waals surface area contributed by atoms with Crippen molar-refractivity contribution in [3.8, 4) is 0 Å². The van der Waals surface area contributed by atoms with Crippen LogP contribution in [0.4, 0.5) is 4.79 Å². The zero-order chi connectivity index (χ0) is 13.4. The molecular weight excluding hydrogens is 252 g/mol. The molecule has 0 aliphatic carbocycles. The third kappa shape index (κ3) is 5.09. The van der Waals surface area contributed by atoms with Crippen molar-refractivity contribution in [2.45, 2.75) is 12.7 Å². The molecule has 8 heteroatoms. The predicted molar refractivity (Wildman–Crippen MR) is 73.6 cm³/mol. The minimum atomic E-state index is -0.622. The summed E-state index contributed by atoms with van der Waals surface area (Å²) in [6, 6.07) is -0.622. The molecule has 1 aromatic rings. The van der Waals surface area contributed by atoms with E-state index in [2.05, 4.69) is 25.6 Å². The van der Waals surface area contributed by atoms with Crippen molar-refractivity contribution in [1.82, 2.24) is 20.6 Å². The van der Waals surface area contributed by atoms with E-state index in [9.17, 15) is 4.79 Å². The highest BCUT2D eigenvalue weighted by molar-refractivity contribution is 7.98. The Labute approximate surface area is 110 Å². The largest absolute Gasteiger partial charge is 0.355 e. The second-order valence-electron chi connectivity index (χ2n) is 3.52. The summed E-state index contributed by atoms with van der Waals surface area (Å²) >= 11 is 1.75. The number of nitrogens with one attached hydrogen (secondary N) is 3. The highest BCUT2D eigenvalue weighted by atomic mass is 32.2. The Morgan fingerprint density at radius 1 is 1.67 bits per heavy atom. The van der Waals surface area contributed by atoms with Crippen LogP contribution < -0.4 is 16.4 Å². The number of aromatic nitrogens is 2. The number of carbonyl (C=O) groups is 1. The van der Waals surface area contributed by atoms with Crippen molar-refractivity contribution in [2.24, 2.45) is 10.7 Å². The number of primary amides is 1. The summed E-state index contributed by atoms with van der Waals surface area (Å²) in [5.74, 6) is 2.13. The lowest BCUT2D eigenvalue weighted by molar-refractivity contribution is 0.253. The molecule has 0 bridgehead atoms. The van der Waals surface area contributed by atoms with Gasteiger partial charge in [-0.1, -0.05) is 0 Å². The summed E-state index contributed by atoms with van der Waals surface area (Å²) in [6.45, 7) is 2.70. The molecule has 0 aliphatic heterocycles. The first-order chi connectivity index (χ1) is 8.63. The van der Waals surface area contributed by atoms with Gasteiger partial charge >= 0.3 is 6.03 Å². The van der Waals surface area contributed by atoms with Gasteiger partial charge in [0.25, 0.3) is 0 Å². The van der Waals surface area contributed by atoms with Crippen LogP contribution in [0.25, 0.3) is 0 Å². The number of hydrogen-bond acceptors (Lipinski definition) is 4. The molecule has 1 heterocycles. The third-order valence-corrected chi connectivity index (χ3v) is 3.15. The van der Waals surface area contributed by atoms with E-state index in [0.29, 0.717) is 12.5 Å². The first-order valence-electron chi connectivity index (χ1n) is 5.47. The molecule has 0 saturated heterocycles.